The molecule has 0 bridgehead atoms. The molecule has 0 aliphatic carbocycles. The van der Waals surface area contributed by atoms with Gasteiger partial charge in [0.2, 0.25) is 0 Å². The van der Waals surface area contributed by atoms with Crippen molar-refractivity contribution in [3.63, 3.8) is 0 Å². The van der Waals surface area contributed by atoms with Gasteiger partial charge in [0.05, 0.1) is 28.0 Å². The summed E-state index contributed by atoms with van der Waals surface area (Å²) >= 11 is 0. The average Bonchev–Trinajstić information content (AvgIpc) is 2.60. The monoisotopic (exact) mass is 334 g/mol. The smallest absolute Gasteiger partial charge is 0.338 e. The number of Topliss-reactive ketones (excluding diaryl/α,β-unsaturated/α-hetero) is 1. The minimum Gasteiger partial charge on any atom is -0.454 e. The third kappa shape index (κ3) is 3.71. The molecule has 0 aliphatic heterocycles. The number of benzene rings is 2. The Kier molecular flexibility index (Phi) is 4.57. The van der Waals surface area contributed by atoms with E-state index in [1.165, 1.54) is 0 Å². The van der Waals surface area contributed by atoms with E-state index in [4.69, 9.17) is 4.74 Å². The van der Waals surface area contributed by atoms with Gasteiger partial charge < -0.3 is 4.74 Å². The number of ether oxygens (including phenoxy) is 1. The molecule has 0 radical (unpaired) electrons. The van der Waals surface area contributed by atoms with Crippen molar-refractivity contribution in [1.82, 2.24) is 9.97 Å². The molecule has 0 amide bonds. The average molecular weight is 334 g/mol. The van der Waals surface area contributed by atoms with Crippen molar-refractivity contribution in [3.8, 4) is 0 Å². The lowest BCUT2D eigenvalue weighted by atomic mass is 10.1. The van der Waals surface area contributed by atoms with Crippen LogP contribution in [0.15, 0.2) is 42.5 Å². The number of aryl methyl sites for hydroxylation is 3. The zero-order valence-electron chi connectivity index (χ0n) is 14.4. The zero-order chi connectivity index (χ0) is 18.0. The van der Waals surface area contributed by atoms with E-state index in [0.29, 0.717) is 16.6 Å². The number of aromatic nitrogens is 2. The number of hydrogen-bond acceptors (Lipinski definition) is 5. The molecule has 5 nitrogen and oxygen atoms in total. The van der Waals surface area contributed by atoms with Gasteiger partial charge in [0.1, 0.15) is 0 Å². The molecule has 0 fully saturated rings. The second kappa shape index (κ2) is 6.81. The summed E-state index contributed by atoms with van der Waals surface area (Å²) in [4.78, 5) is 33.2. The van der Waals surface area contributed by atoms with Crippen LogP contribution >= 0.6 is 0 Å². The molecular formula is C20H18N2O3. The molecule has 126 valence electrons. The van der Waals surface area contributed by atoms with Gasteiger partial charge in [-0.3, -0.25) is 4.79 Å². The highest BCUT2D eigenvalue weighted by Crippen LogP contribution is 2.15. The predicted molar refractivity (Wildman–Crippen MR) is 94.8 cm³/mol. The van der Waals surface area contributed by atoms with Crippen LogP contribution in [-0.2, 0) is 4.74 Å². The second-order valence-corrected chi connectivity index (χ2v) is 5.96. The molecule has 5 heteroatoms. The predicted octanol–water partition coefficient (Wildman–Crippen LogP) is 3.59. The van der Waals surface area contributed by atoms with E-state index in [-0.39, 0.29) is 12.4 Å². The van der Waals surface area contributed by atoms with Gasteiger partial charge in [-0.05, 0) is 39.0 Å². The van der Waals surface area contributed by atoms with Gasteiger partial charge in [-0.15, -0.1) is 0 Å². The molecule has 0 N–H and O–H groups in total. The lowest BCUT2D eigenvalue weighted by molar-refractivity contribution is 0.0475. The fourth-order valence-electron chi connectivity index (χ4n) is 2.39. The van der Waals surface area contributed by atoms with E-state index in [0.717, 1.165) is 22.5 Å². The number of nitrogens with zero attached hydrogens (tertiary/aromatic N) is 2. The largest absolute Gasteiger partial charge is 0.454 e. The van der Waals surface area contributed by atoms with Crippen LogP contribution in [-0.4, -0.2) is 28.3 Å². The maximum atomic E-state index is 12.2. The summed E-state index contributed by atoms with van der Waals surface area (Å²) in [5.41, 5.74) is 4.95. The van der Waals surface area contributed by atoms with Gasteiger partial charge in [0.15, 0.2) is 12.4 Å². The number of carbonyl (C=O) groups excluding carboxylic acids is 2. The van der Waals surface area contributed by atoms with Crippen molar-refractivity contribution in [2.45, 2.75) is 20.8 Å². The minimum absolute atomic E-state index is 0.236. The molecule has 0 unspecified atom stereocenters. The topological polar surface area (TPSA) is 69.2 Å². The minimum atomic E-state index is -0.553. The third-order valence-electron chi connectivity index (χ3n) is 4.02. The Morgan fingerprint density at radius 3 is 2.12 bits per heavy atom. The van der Waals surface area contributed by atoms with Crippen molar-refractivity contribution in [2.75, 3.05) is 6.61 Å². The van der Waals surface area contributed by atoms with Crippen LogP contribution in [0.3, 0.4) is 0 Å². The Morgan fingerprint density at radius 1 is 0.840 bits per heavy atom. The van der Waals surface area contributed by atoms with Crippen molar-refractivity contribution >= 4 is 22.8 Å². The Morgan fingerprint density at radius 2 is 1.44 bits per heavy atom. The van der Waals surface area contributed by atoms with Crippen molar-refractivity contribution in [1.29, 1.82) is 0 Å². The summed E-state index contributed by atoms with van der Waals surface area (Å²) in [7, 11) is 0. The molecule has 0 atom stereocenters. The highest BCUT2D eigenvalue weighted by Gasteiger charge is 2.13. The summed E-state index contributed by atoms with van der Waals surface area (Å²) in [6.45, 7) is 5.41. The molecule has 3 rings (SSSR count). The Labute approximate surface area is 145 Å². The molecule has 3 aromatic rings. The van der Waals surface area contributed by atoms with E-state index < -0.39 is 5.97 Å². The summed E-state index contributed by atoms with van der Waals surface area (Å²) in [5, 5.41) is 0. The molecule has 0 saturated carbocycles. The van der Waals surface area contributed by atoms with Crippen LogP contribution in [0.4, 0.5) is 0 Å². The van der Waals surface area contributed by atoms with Crippen molar-refractivity contribution < 1.29 is 14.3 Å². The number of ketones is 1. The maximum Gasteiger partial charge on any atom is 0.338 e. The fourth-order valence-corrected chi connectivity index (χ4v) is 2.39. The number of hydrogen-bond donors (Lipinski definition) is 0. The molecule has 0 spiro atoms. The van der Waals surface area contributed by atoms with Gasteiger partial charge in [-0.2, -0.15) is 0 Å². The van der Waals surface area contributed by atoms with Gasteiger partial charge in [0, 0.05) is 5.56 Å². The first kappa shape index (κ1) is 16.8. The lowest BCUT2D eigenvalue weighted by Gasteiger charge is -2.07. The number of fused-ring (bicyclic) bond motifs is 1. The van der Waals surface area contributed by atoms with Gasteiger partial charge >= 0.3 is 5.97 Å². The standard InChI is InChI=1S/C20H18N2O3/c1-12-4-6-15(7-5-12)19(23)11-25-20(24)16-8-9-17-18(10-16)22-14(3)13(2)21-17/h4-10H,11H2,1-3H3. The van der Waals surface area contributed by atoms with E-state index in [1.54, 1.807) is 30.3 Å². The fraction of sp³-hybridized carbons (Fsp3) is 0.200. The normalized spacial score (nSPS) is 10.7. The molecule has 2 aromatic carbocycles. The first-order valence-corrected chi connectivity index (χ1v) is 7.96. The highest BCUT2D eigenvalue weighted by atomic mass is 16.5. The quantitative estimate of drug-likeness (QED) is 0.539. The molecule has 25 heavy (non-hydrogen) atoms. The van der Waals surface area contributed by atoms with E-state index in [1.807, 2.05) is 32.9 Å². The van der Waals surface area contributed by atoms with Crippen LogP contribution < -0.4 is 0 Å². The lowest BCUT2D eigenvalue weighted by Crippen LogP contribution is -2.14. The Bertz CT molecular complexity index is 963. The van der Waals surface area contributed by atoms with E-state index >= 15 is 0 Å². The SMILES string of the molecule is Cc1ccc(C(=O)COC(=O)c2ccc3nc(C)c(C)nc3c2)cc1. The van der Waals surface area contributed by atoms with Crippen LogP contribution in [0.5, 0.6) is 0 Å². The van der Waals surface area contributed by atoms with Crippen molar-refractivity contribution in [3.05, 3.63) is 70.5 Å². The summed E-state index contributed by atoms with van der Waals surface area (Å²) < 4.78 is 5.14. The summed E-state index contributed by atoms with van der Waals surface area (Å²) in [5.74, 6) is -0.789. The van der Waals surface area contributed by atoms with Gasteiger partial charge in [-0.1, -0.05) is 29.8 Å². The van der Waals surface area contributed by atoms with Crippen LogP contribution in [0, 0.1) is 20.8 Å². The van der Waals surface area contributed by atoms with Crippen molar-refractivity contribution in [2.24, 2.45) is 0 Å². The summed E-state index contributed by atoms with van der Waals surface area (Å²) in [6.07, 6.45) is 0. The zero-order valence-corrected chi connectivity index (χ0v) is 14.4. The second-order valence-electron chi connectivity index (χ2n) is 5.96. The molecule has 0 aliphatic rings. The highest BCUT2D eigenvalue weighted by molar-refractivity contribution is 6.00. The van der Waals surface area contributed by atoms with Gasteiger partial charge in [-0.25, -0.2) is 14.8 Å². The number of carbonyl (C=O) groups is 2. The van der Waals surface area contributed by atoms with Crippen LogP contribution in [0.2, 0.25) is 0 Å². The summed E-state index contributed by atoms with van der Waals surface area (Å²) in [6, 6.07) is 12.1. The van der Waals surface area contributed by atoms with Gasteiger partial charge in [0.25, 0.3) is 0 Å². The Hall–Kier alpha value is -3.08. The third-order valence-corrected chi connectivity index (χ3v) is 4.02. The van der Waals surface area contributed by atoms with Crippen LogP contribution in [0.1, 0.15) is 37.7 Å². The molecule has 1 aromatic heterocycles. The first-order chi connectivity index (χ1) is 11.9. The molecular weight excluding hydrogens is 316 g/mol. The number of esters is 1. The maximum absolute atomic E-state index is 12.2. The molecule has 0 saturated heterocycles. The Balaban J connectivity index is 1.72. The molecule has 1 heterocycles. The number of rotatable bonds is 4. The first-order valence-electron chi connectivity index (χ1n) is 7.96. The van der Waals surface area contributed by atoms with Crippen LogP contribution in [0.25, 0.3) is 11.0 Å². The van der Waals surface area contributed by atoms with E-state index in [9.17, 15) is 9.59 Å². The van der Waals surface area contributed by atoms with E-state index in [2.05, 4.69) is 9.97 Å².